The number of carboxylic acid groups (broad SMARTS) is 1. The summed E-state index contributed by atoms with van der Waals surface area (Å²) in [5.74, 6) is -0.572. The average molecular weight is 320 g/mol. The van der Waals surface area contributed by atoms with Crippen LogP contribution in [0.25, 0.3) is 6.08 Å². The molecule has 1 aromatic rings. The summed E-state index contributed by atoms with van der Waals surface area (Å²) in [4.78, 5) is 22.9. The van der Waals surface area contributed by atoms with Gasteiger partial charge in [-0.05, 0) is 37.6 Å². The van der Waals surface area contributed by atoms with Gasteiger partial charge in [0.25, 0.3) is 0 Å². The van der Waals surface area contributed by atoms with Gasteiger partial charge in [-0.3, -0.25) is 4.79 Å². The minimum absolute atomic E-state index is 0.0759. The van der Waals surface area contributed by atoms with Gasteiger partial charge in [0.15, 0.2) is 0 Å². The number of methoxy groups -OCH3 is 2. The molecule has 0 spiro atoms. The number of hydrogen-bond donors (Lipinski definition) is 1. The quantitative estimate of drug-likeness (QED) is 0.840. The van der Waals surface area contributed by atoms with Crippen molar-refractivity contribution in [2.24, 2.45) is 0 Å². The molecule has 0 amide bonds. The van der Waals surface area contributed by atoms with Gasteiger partial charge >= 0.3 is 11.9 Å². The summed E-state index contributed by atoms with van der Waals surface area (Å²) in [6, 6.07) is 1.53. The van der Waals surface area contributed by atoms with E-state index in [0.717, 1.165) is 5.56 Å². The summed E-state index contributed by atoms with van der Waals surface area (Å²) in [5.41, 5.74) is 0.605. The van der Waals surface area contributed by atoms with Gasteiger partial charge < -0.3 is 19.3 Å². The molecule has 0 saturated heterocycles. The third kappa shape index (κ3) is 3.31. The van der Waals surface area contributed by atoms with Crippen molar-refractivity contribution in [3.8, 4) is 11.5 Å². The topological polar surface area (TPSA) is 82.1 Å². The molecule has 1 atom stereocenters. The van der Waals surface area contributed by atoms with Crippen molar-refractivity contribution in [1.82, 2.24) is 0 Å². The highest BCUT2D eigenvalue weighted by atomic mass is 16.5. The van der Waals surface area contributed by atoms with Crippen molar-refractivity contribution in [2.75, 3.05) is 14.2 Å². The predicted octanol–water partition coefficient (Wildman–Crippen LogP) is 2.82. The van der Waals surface area contributed by atoms with E-state index in [-0.39, 0.29) is 23.7 Å². The first-order valence-electron chi connectivity index (χ1n) is 7.21. The molecule has 0 saturated carbocycles. The van der Waals surface area contributed by atoms with Crippen molar-refractivity contribution in [3.05, 3.63) is 28.8 Å². The van der Waals surface area contributed by atoms with Crippen molar-refractivity contribution in [1.29, 1.82) is 0 Å². The Morgan fingerprint density at radius 2 is 2.04 bits per heavy atom. The van der Waals surface area contributed by atoms with Crippen LogP contribution in [-0.2, 0) is 9.53 Å². The molecule has 0 bridgehead atoms. The molecule has 124 valence electrons. The monoisotopic (exact) mass is 320 g/mol. The summed E-state index contributed by atoms with van der Waals surface area (Å²) >= 11 is 0. The third-order valence-corrected chi connectivity index (χ3v) is 3.88. The predicted molar refractivity (Wildman–Crippen MR) is 84.0 cm³/mol. The van der Waals surface area contributed by atoms with Crippen LogP contribution in [0.15, 0.2) is 12.1 Å². The van der Waals surface area contributed by atoms with Gasteiger partial charge in [0.2, 0.25) is 0 Å². The fraction of sp³-hybridized carbons (Fsp3) is 0.412. The van der Waals surface area contributed by atoms with Gasteiger partial charge in [-0.1, -0.05) is 0 Å². The lowest BCUT2D eigenvalue weighted by Gasteiger charge is -2.33. The van der Waals surface area contributed by atoms with E-state index in [1.54, 1.807) is 19.9 Å². The van der Waals surface area contributed by atoms with Gasteiger partial charge in [0.1, 0.15) is 22.7 Å². The SMILES string of the molecule is COC(=O)CCC1(C)C=Cc2c(OC)c(C)cc(C(=O)O)c2O1. The molecule has 6 nitrogen and oxygen atoms in total. The number of hydrogen-bond acceptors (Lipinski definition) is 5. The summed E-state index contributed by atoms with van der Waals surface area (Å²) in [7, 11) is 2.86. The highest BCUT2D eigenvalue weighted by Crippen LogP contribution is 2.42. The zero-order chi connectivity index (χ0) is 17.2. The number of aryl methyl sites for hydroxylation is 1. The maximum Gasteiger partial charge on any atom is 0.339 e. The lowest BCUT2D eigenvalue weighted by molar-refractivity contribution is -0.141. The molecule has 0 fully saturated rings. The molecular formula is C17H20O6. The van der Waals surface area contributed by atoms with Gasteiger partial charge in [-0.25, -0.2) is 4.79 Å². The number of ether oxygens (including phenoxy) is 3. The van der Waals surface area contributed by atoms with Crippen LogP contribution in [-0.4, -0.2) is 36.9 Å². The van der Waals surface area contributed by atoms with E-state index in [0.29, 0.717) is 17.7 Å². The van der Waals surface area contributed by atoms with Crippen LogP contribution in [0.2, 0.25) is 0 Å². The fourth-order valence-corrected chi connectivity index (χ4v) is 2.61. The smallest absolute Gasteiger partial charge is 0.339 e. The van der Waals surface area contributed by atoms with E-state index in [4.69, 9.17) is 9.47 Å². The molecule has 1 heterocycles. The molecule has 1 aliphatic rings. The molecule has 2 rings (SSSR count). The summed E-state index contributed by atoms with van der Waals surface area (Å²) < 4.78 is 15.9. The number of fused-ring (bicyclic) bond motifs is 1. The van der Waals surface area contributed by atoms with E-state index in [1.165, 1.54) is 20.3 Å². The lowest BCUT2D eigenvalue weighted by Crippen LogP contribution is -2.33. The molecule has 23 heavy (non-hydrogen) atoms. The average Bonchev–Trinajstić information content (AvgIpc) is 2.52. The second-order valence-corrected chi connectivity index (χ2v) is 5.65. The van der Waals surface area contributed by atoms with E-state index < -0.39 is 11.6 Å². The zero-order valence-corrected chi connectivity index (χ0v) is 13.6. The Morgan fingerprint density at radius 3 is 2.61 bits per heavy atom. The number of carboxylic acids is 1. The van der Waals surface area contributed by atoms with Crippen molar-refractivity contribution >= 4 is 18.0 Å². The molecule has 0 aliphatic carbocycles. The number of aromatic carboxylic acids is 1. The second kappa shape index (κ2) is 6.32. The van der Waals surface area contributed by atoms with Crippen molar-refractivity contribution < 1.29 is 28.9 Å². The molecule has 0 radical (unpaired) electrons. The normalized spacial score (nSPS) is 18.8. The number of esters is 1. The molecule has 1 N–H and O–H groups in total. The largest absolute Gasteiger partial charge is 0.496 e. The molecule has 1 aliphatic heterocycles. The number of benzene rings is 1. The first kappa shape index (κ1) is 16.9. The Labute approximate surface area is 134 Å². The van der Waals surface area contributed by atoms with Gasteiger partial charge in [-0.2, -0.15) is 0 Å². The zero-order valence-electron chi connectivity index (χ0n) is 13.6. The van der Waals surface area contributed by atoms with E-state index in [2.05, 4.69) is 4.74 Å². The lowest BCUT2D eigenvalue weighted by atomic mass is 9.92. The molecular weight excluding hydrogens is 300 g/mol. The van der Waals surface area contributed by atoms with Crippen LogP contribution in [0.5, 0.6) is 11.5 Å². The van der Waals surface area contributed by atoms with Crippen LogP contribution in [0.1, 0.15) is 41.3 Å². The van der Waals surface area contributed by atoms with Crippen molar-refractivity contribution in [2.45, 2.75) is 32.3 Å². The minimum atomic E-state index is -1.07. The van der Waals surface area contributed by atoms with Crippen LogP contribution in [0.3, 0.4) is 0 Å². The van der Waals surface area contributed by atoms with Crippen LogP contribution in [0, 0.1) is 6.92 Å². The Morgan fingerprint density at radius 1 is 1.35 bits per heavy atom. The standard InChI is InChI=1S/C17H20O6/c1-10-9-12(16(19)20)15-11(14(10)22-4)5-7-17(2,23-15)8-6-13(18)21-3/h5,7,9H,6,8H2,1-4H3,(H,19,20). The Balaban J connectivity index is 2.43. The molecule has 1 aromatic carbocycles. The number of rotatable bonds is 5. The maximum atomic E-state index is 11.5. The van der Waals surface area contributed by atoms with Crippen molar-refractivity contribution in [3.63, 3.8) is 0 Å². The Bertz CT molecular complexity index is 676. The minimum Gasteiger partial charge on any atom is -0.496 e. The fourth-order valence-electron chi connectivity index (χ4n) is 2.61. The van der Waals surface area contributed by atoms with E-state index >= 15 is 0 Å². The molecule has 0 aromatic heterocycles. The Hall–Kier alpha value is -2.50. The first-order valence-corrected chi connectivity index (χ1v) is 7.21. The highest BCUT2D eigenvalue weighted by Gasteiger charge is 2.33. The van der Waals surface area contributed by atoms with E-state index in [1.807, 2.05) is 6.08 Å². The molecule has 1 unspecified atom stereocenters. The summed E-state index contributed by atoms with van der Waals surface area (Å²) in [5, 5.41) is 9.44. The van der Waals surface area contributed by atoms with Crippen LogP contribution < -0.4 is 9.47 Å². The second-order valence-electron chi connectivity index (χ2n) is 5.65. The van der Waals surface area contributed by atoms with Gasteiger partial charge in [0.05, 0.1) is 19.8 Å². The number of carbonyl (C=O) groups is 2. The van der Waals surface area contributed by atoms with Crippen LogP contribution >= 0.6 is 0 Å². The van der Waals surface area contributed by atoms with E-state index in [9.17, 15) is 14.7 Å². The van der Waals surface area contributed by atoms with Gasteiger partial charge in [-0.15, -0.1) is 0 Å². The number of carbonyl (C=O) groups excluding carboxylic acids is 1. The van der Waals surface area contributed by atoms with Gasteiger partial charge in [0, 0.05) is 12.8 Å². The summed E-state index contributed by atoms with van der Waals surface area (Å²) in [6.45, 7) is 3.58. The maximum absolute atomic E-state index is 11.5. The first-order chi connectivity index (χ1) is 10.8. The summed E-state index contributed by atoms with van der Waals surface area (Å²) in [6.07, 6.45) is 4.16. The third-order valence-electron chi connectivity index (χ3n) is 3.88. The molecule has 6 heteroatoms. The van der Waals surface area contributed by atoms with Crippen LogP contribution in [0.4, 0.5) is 0 Å². The Kier molecular flexibility index (Phi) is 4.63. The highest BCUT2D eigenvalue weighted by molar-refractivity contribution is 5.94.